The van der Waals surface area contributed by atoms with E-state index >= 15 is 0 Å². The lowest BCUT2D eigenvalue weighted by Gasteiger charge is -2.26. The van der Waals surface area contributed by atoms with Gasteiger partial charge in [-0.25, -0.2) is 9.40 Å². The van der Waals surface area contributed by atoms with Crippen LogP contribution in [-0.2, 0) is 4.74 Å². The van der Waals surface area contributed by atoms with Crippen molar-refractivity contribution in [1.29, 1.82) is 0 Å². The van der Waals surface area contributed by atoms with E-state index in [2.05, 4.69) is 4.98 Å². The van der Waals surface area contributed by atoms with Crippen molar-refractivity contribution in [2.75, 3.05) is 30.7 Å². The molecular weight excluding hydrogens is 337 g/mol. The van der Waals surface area contributed by atoms with Crippen LogP contribution in [0.15, 0.2) is 48.7 Å². The van der Waals surface area contributed by atoms with E-state index in [0.717, 1.165) is 5.69 Å². The van der Waals surface area contributed by atoms with Gasteiger partial charge in [0, 0.05) is 31.1 Å². The zero-order valence-corrected chi connectivity index (χ0v) is 14.0. The van der Waals surface area contributed by atoms with Crippen LogP contribution < -0.4 is 4.42 Å². The van der Waals surface area contributed by atoms with E-state index in [-0.39, 0.29) is 18.3 Å². The van der Waals surface area contributed by atoms with Gasteiger partial charge in [-0.15, -0.1) is 12.4 Å². The number of hydrogen-bond acceptors (Lipinski definition) is 4. The molecule has 1 amide bonds. The first-order valence-electron chi connectivity index (χ1n) is 7.10. The Morgan fingerprint density at radius 1 is 1.13 bits per heavy atom. The summed E-state index contributed by atoms with van der Waals surface area (Å²) in [5, 5.41) is 0. The maximum atomic E-state index is 12.3. The maximum absolute atomic E-state index is 12.3. The van der Waals surface area contributed by atoms with Gasteiger partial charge >= 0.3 is 0 Å². The molecule has 5 nitrogen and oxygen atoms in total. The second kappa shape index (κ2) is 8.15. The zero-order chi connectivity index (χ0) is 15.4. The quantitative estimate of drug-likeness (QED) is 0.794. The van der Waals surface area contributed by atoms with E-state index in [1.807, 2.05) is 30.3 Å². The third-order valence-corrected chi connectivity index (χ3v) is 3.85. The zero-order valence-electron chi connectivity index (χ0n) is 12.4. The lowest BCUT2D eigenvalue weighted by molar-refractivity contribution is 0.0302. The van der Waals surface area contributed by atoms with Crippen molar-refractivity contribution >= 4 is 41.6 Å². The Hall–Kier alpha value is -1.82. The Labute approximate surface area is 146 Å². The fourth-order valence-electron chi connectivity index (χ4n) is 2.27. The highest BCUT2D eigenvalue weighted by atomic mass is 35.5. The molecule has 1 aromatic heterocycles. The summed E-state index contributed by atoms with van der Waals surface area (Å²) in [6, 6.07) is 13.0. The summed E-state index contributed by atoms with van der Waals surface area (Å²) in [7, 11) is 0. The van der Waals surface area contributed by atoms with Crippen LogP contribution in [0.4, 0.5) is 11.5 Å². The smallest absolute Gasteiger partial charge is 0.255 e. The monoisotopic (exact) mass is 353 g/mol. The molecule has 23 heavy (non-hydrogen) atoms. The first-order chi connectivity index (χ1) is 10.8. The third-order valence-electron chi connectivity index (χ3n) is 3.48. The van der Waals surface area contributed by atoms with Gasteiger partial charge < -0.3 is 9.64 Å². The van der Waals surface area contributed by atoms with Gasteiger partial charge in [0.15, 0.2) is 0 Å². The van der Waals surface area contributed by atoms with Gasteiger partial charge in [0.05, 0.1) is 24.5 Å². The molecule has 0 unspecified atom stereocenters. The first kappa shape index (κ1) is 17.5. The summed E-state index contributed by atoms with van der Waals surface area (Å²) < 4.78 is 6.71. The highest BCUT2D eigenvalue weighted by Crippen LogP contribution is 2.25. The molecule has 0 spiro atoms. The molecule has 1 aliphatic heterocycles. The molecule has 0 saturated carbocycles. The number of aromatic nitrogens is 1. The molecule has 0 atom stereocenters. The lowest BCUT2D eigenvalue weighted by Crippen LogP contribution is -2.40. The van der Waals surface area contributed by atoms with Crippen molar-refractivity contribution < 1.29 is 9.53 Å². The Bertz CT molecular complexity index is 632. The Balaban J connectivity index is 0.00000192. The molecule has 3 rings (SSSR count). The van der Waals surface area contributed by atoms with Gasteiger partial charge in [0.1, 0.15) is 5.82 Å². The average Bonchev–Trinajstić information content (AvgIpc) is 2.62. The van der Waals surface area contributed by atoms with E-state index in [4.69, 9.17) is 16.5 Å². The van der Waals surface area contributed by atoms with E-state index in [1.165, 1.54) is 4.42 Å². The average molecular weight is 354 g/mol. The molecule has 2 aromatic rings. The molecule has 7 heteroatoms. The number of halogens is 2. The van der Waals surface area contributed by atoms with Gasteiger partial charge in [-0.2, -0.15) is 0 Å². The largest absolute Gasteiger partial charge is 0.378 e. The number of hydrogen-bond donors (Lipinski definition) is 0. The molecule has 1 fully saturated rings. The van der Waals surface area contributed by atoms with Crippen molar-refractivity contribution in [3.8, 4) is 0 Å². The Morgan fingerprint density at radius 2 is 1.83 bits per heavy atom. The van der Waals surface area contributed by atoms with Crippen LogP contribution in [0.5, 0.6) is 0 Å². The third kappa shape index (κ3) is 4.13. The molecule has 1 aromatic carbocycles. The summed E-state index contributed by atoms with van der Waals surface area (Å²) in [6.07, 6.45) is 1.56. The van der Waals surface area contributed by atoms with Crippen molar-refractivity contribution in [2.24, 2.45) is 0 Å². The van der Waals surface area contributed by atoms with Crippen molar-refractivity contribution in [3.05, 3.63) is 54.2 Å². The van der Waals surface area contributed by atoms with E-state index < -0.39 is 0 Å². The predicted molar refractivity (Wildman–Crippen MR) is 92.6 cm³/mol. The molecule has 1 saturated heterocycles. The predicted octanol–water partition coefficient (Wildman–Crippen LogP) is 3.27. The van der Waals surface area contributed by atoms with Crippen molar-refractivity contribution in [2.45, 2.75) is 0 Å². The van der Waals surface area contributed by atoms with Gasteiger partial charge in [0.2, 0.25) is 0 Å². The standard InChI is InChI=1S/C16H16ClN3O2.ClH/c17-20(14-4-2-1-3-5-14)15-7-6-13(12-18-15)16(21)19-8-10-22-11-9-19;/h1-7,12H,8-11H2;1H. The van der Waals surface area contributed by atoms with Gasteiger partial charge in [-0.1, -0.05) is 18.2 Å². The molecule has 0 aliphatic carbocycles. The molecule has 2 heterocycles. The molecular formula is C16H17Cl2N3O2. The molecule has 0 bridgehead atoms. The van der Waals surface area contributed by atoms with Crippen LogP contribution in [-0.4, -0.2) is 42.1 Å². The fraction of sp³-hybridized carbons (Fsp3) is 0.250. The Morgan fingerprint density at radius 3 is 2.43 bits per heavy atom. The highest BCUT2D eigenvalue weighted by molar-refractivity contribution is 6.29. The lowest BCUT2D eigenvalue weighted by atomic mass is 10.2. The Kier molecular flexibility index (Phi) is 6.21. The van der Waals surface area contributed by atoms with Crippen molar-refractivity contribution in [3.63, 3.8) is 0 Å². The topological polar surface area (TPSA) is 45.7 Å². The summed E-state index contributed by atoms with van der Waals surface area (Å²) >= 11 is 6.27. The molecule has 122 valence electrons. The minimum Gasteiger partial charge on any atom is -0.378 e. The van der Waals surface area contributed by atoms with E-state index in [0.29, 0.717) is 37.7 Å². The number of ether oxygens (including phenoxy) is 1. The summed E-state index contributed by atoms with van der Waals surface area (Å²) in [5.74, 6) is 0.551. The second-order valence-electron chi connectivity index (χ2n) is 4.93. The maximum Gasteiger partial charge on any atom is 0.255 e. The number of benzene rings is 1. The highest BCUT2D eigenvalue weighted by Gasteiger charge is 2.19. The number of nitrogens with zero attached hydrogens (tertiary/aromatic N) is 3. The minimum absolute atomic E-state index is 0. The van der Waals surface area contributed by atoms with Crippen LogP contribution in [0.2, 0.25) is 0 Å². The molecule has 0 radical (unpaired) electrons. The van der Waals surface area contributed by atoms with Gasteiger partial charge in [-0.3, -0.25) is 4.79 Å². The van der Waals surface area contributed by atoms with Gasteiger partial charge in [0.25, 0.3) is 5.91 Å². The van der Waals surface area contributed by atoms with E-state index in [9.17, 15) is 4.79 Å². The van der Waals surface area contributed by atoms with Gasteiger partial charge in [-0.05, 0) is 24.3 Å². The van der Waals surface area contributed by atoms with Crippen LogP contribution in [0, 0.1) is 0 Å². The van der Waals surface area contributed by atoms with Crippen LogP contribution in [0.1, 0.15) is 10.4 Å². The number of morpholine rings is 1. The number of carbonyl (C=O) groups excluding carboxylic acids is 1. The van der Waals surface area contributed by atoms with Crippen LogP contribution in [0.3, 0.4) is 0 Å². The van der Waals surface area contributed by atoms with E-state index in [1.54, 1.807) is 23.2 Å². The summed E-state index contributed by atoms with van der Waals surface area (Å²) in [4.78, 5) is 18.4. The molecule has 0 N–H and O–H groups in total. The summed E-state index contributed by atoms with van der Waals surface area (Å²) in [6.45, 7) is 2.40. The molecule has 1 aliphatic rings. The van der Waals surface area contributed by atoms with Crippen LogP contribution >= 0.6 is 24.2 Å². The van der Waals surface area contributed by atoms with Crippen molar-refractivity contribution in [1.82, 2.24) is 9.88 Å². The number of para-hydroxylation sites is 1. The first-order valence-corrected chi connectivity index (χ1v) is 7.43. The number of pyridine rings is 1. The van der Waals surface area contributed by atoms with Crippen LogP contribution in [0.25, 0.3) is 0 Å². The number of amides is 1. The minimum atomic E-state index is -0.0248. The number of rotatable bonds is 3. The SMILES string of the molecule is Cl.O=C(c1ccc(N(Cl)c2ccccc2)nc1)N1CCOCC1. The second-order valence-corrected chi connectivity index (χ2v) is 5.26. The fourth-order valence-corrected chi connectivity index (χ4v) is 2.48. The summed E-state index contributed by atoms with van der Waals surface area (Å²) in [5.41, 5.74) is 1.38. The number of anilines is 2. The normalized spacial score (nSPS) is 14.0. The number of carbonyl (C=O) groups is 1.